The molecule has 1 aliphatic heterocycles. The third-order valence-electron chi connectivity index (χ3n) is 11.1. The van der Waals surface area contributed by atoms with Gasteiger partial charge in [0.05, 0.1) is 11.5 Å². The maximum Gasteiger partial charge on any atom is 0.334 e. The second-order valence-corrected chi connectivity index (χ2v) is 12.3. The van der Waals surface area contributed by atoms with E-state index < -0.39 is 51.7 Å². The fraction of sp³-hybridized carbons (Fsp3) is 0.714. The molecule has 2 fully saturated rings. The molecule has 2 saturated carbocycles. The molecule has 0 bridgehead atoms. The summed E-state index contributed by atoms with van der Waals surface area (Å²) in [5, 5.41) is 47.9. The lowest BCUT2D eigenvalue weighted by atomic mass is 9.44. The fourth-order valence-corrected chi connectivity index (χ4v) is 8.44. The first-order valence-electron chi connectivity index (χ1n) is 12.8. The predicted octanol–water partition coefficient (Wildman–Crippen LogP) is 2.51. The van der Waals surface area contributed by atoms with Gasteiger partial charge in [-0.1, -0.05) is 30.2 Å². The minimum atomic E-state index is -1.93. The van der Waals surface area contributed by atoms with Gasteiger partial charge in [0.1, 0.15) is 22.9 Å². The van der Waals surface area contributed by atoms with Crippen LogP contribution in [0.15, 0.2) is 34.9 Å². The molecule has 7 heteroatoms. The maximum atomic E-state index is 13.1. The van der Waals surface area contributed by atoms with Gasteiger partial charge < -0.3 is 25.2 Å². The Morgan fingerprint density at radius 2 is 1.83 bits per heavy atom. The van der Waals surface area contributed by atoms with Crippen LogP contribution in [-0.2, 0) is 14.3 Å². The minimum Gasteiger partial charge on any atom is -0.455 e. The van der Waals surface area contributed by atoms with E-state index >= 15 is 0 Å². The van der Waals surface area contributed by atoms with E-state index in [0.717, 1.165) is 11.1 Å². The van der Waals surface area contributed by atoms with Gasteiger partial charge in [-0.2, -0.15) is 0 Å². The van der Waals surface area contributed by atoms with E-state index in [2.05, 4.69) is 0 Å². The van der Waals surface area contributed by atoms with Gasteiger partial charge in [0.15, 0.2) is 5.78 Å². The van der Waals surface area contributed by atoms with Gasteiger partial charge in [-0.15, -0.1) is 0 Å². The highest BCUT2D eigenvalue weighted by molar-refractivity contribution is 5.98. The smallest absolute Gasteiger partial charge is 0.334 e. The first-order valence-corrected chi connectivity index (χ1v) is 12.8. The Labute approximate surface area is 206 Å². The van der Waals surface area contributed by atoms with Crippen molar-refractivity contribution in [2.45, 2.75) is 102 Å². The van der Waals surface area contributed by atoms with Gasteiger partial charge in [0.25, 0.3) is 0 Å². The zero-order valence-corrected chi connectivity index (χ0v) is 21.3. The Balaban J connectivity index is 1.57. The average Bonchev–Trinajstić information content (AvgIpc) is 2.96. The van der Waals surface area contributed by atoms with Crippen LogP contribution in [0.4, 0.5) is 0 Å². The molecule has 0 aromatic heterocycles. The van der Waals surface area contributed by atoms with Crippen molar-refractivity contribution in [1.82, 2.24) is 0 Å². The molecule has 0 saturated heterocycles. The zero-order chi connectivity index (χ0) is 25.8. The van der Waals surface area contributed by atoms with Gasteiger partial charge in [-0.25, -0.2) is 4.79 Å². The lowest BCUT2D eigenvalue weighted by Crippen LogP contribution is -2.72. The molecule has 0 spiro atoms. The number of hydrogen-bond acceptors (Lipinski definition) is 7. The van der Waals surface area contributed by atoms with E-state index in [4.69, 9.17) is 4.74 Å². The lowest BCUT2D eigenvalue weighted by molar-refractivity contribution is -0.283. The van der Waals surface area contributed by atoms with Gasteiger partial charge in [-0.3, -0.25) is 4.79 Å². The Bertz CT molecular complexity index is 1080. The van der Waals surface area contributed by atoms with Crippen molar-refractivity contribution in [3.05, 3.63) is 34.9 Å². The Hall–Kier alpha value is -1.80. The number of aliphatic hydroxyl groups is 4. The summed E-state index contributed by atoms with van der Waals surface area (Å²) in [6.45, 7) is 8.60. The van der Waals surface area contributed by atoms with E-state index in [0.29, 0.717) is 31.3 Å². The van der Waals surface area contributed by atoms with Crippen LogP contribution in [0.5, 0.6) is 0 Å². The van der Waals surface area contributed by atoms with Crippen molar-refractivity contribution in [2.75, 3.05) is 0 Å². The molecule has 0 unspecified atom stereocenters. The van der Waals surface area contributed by atoms with E-state index in [-0.39, 0.29) is 24.5 Å². The summed E-state index contributed by atoms with van der Waals surface area (Å²) in [4.78, 5) is 25.6. The van der Waals surface area contributed by atoms with Crippen molar-refractivity contribution >= 4 is 11.8 Å². The van der Waals surface area contributed by atoms with E-state index in [1.807, 2.05) is 19.1 Å². The molecule has 0 radical (unpaired) electrons. The number of aliphatic hydroxyl groups excluding tert-OH is 1. The number of ether oxygens (including phenoxy) is 1. The minimum absolute atomic E-state index is 0.0124. The summed E-state index contributed by atoms with van der Waals surface area (Å²) in [5.41, 5.74) is -5.33. The molecule has 1 heterocycles. The summed E-state index contributed by atoms with van der Waals surface area (Å²) in [7, 11) is 0. The Morgan fingerprint density at radius 3 is 2.49 bits per heavy atom. The molecular formula is C28H38O7. The number of hydrogen-bond donors (Lipinski definition) is 4. The van der Waals surface area contributed by atoms with Gasteiger partial charge in [-0.05, 0) is 71.3 Å². The topological polar surface area (TPSA) is 124 Å². The molecular weight excluding hydrogens is 448 g/mol. The van der Waals surface area contributed by atoms with Crippen LogP contribution in [0.2, 0.25) is 0 Å². The predicted molar refractivity (Wildman–Crippen MR) is 128 cm³/mol. The lowest BCUT2D eigenvalue weighted by Gasteiger charge is -2.63. The van der Waals surface area contributed by atoms with Crippen molar-refractivity contribution in [3.8, 4) is 0 Å². The highest BCUT2D eigenvalue weighted by atomic mass is 16.6. The molecule has 0 amide bonds. The van der Waals surface area contributed by atoms with Gasteiger partial charge in [0, 0.05) is 23.8 Å². The van der Waals surface area contributed by atoms with Gasteiger partial charge >= 0.3 is 5.97 Å². The van der Waals surface area contributed by atoms with Crippen molar-refractivity contribution < 1.29 is 34.8 Å². The van der Waals surface area contributed by atoms with Crippen LogP contribution in [0.1, 0.15) is 73.1 Å². The van der Waals surface area contributed by atoms with Crippen LogP contribution in [0.3, 0.4) is 0 Å². The summed E-state index contributed by atoms with van der Waals surface area (Å²) >= 11 is 0. The Kier molecular flexibility index (Phi) is 5.24. The quantitative estimate of drug-likeness (QED) is 0.349. The monoisotopic (exact) mass is 486 g/mol. The largest absolute Gasteiger partial charge is 0.455 e. The van der Waals surface area contributed by atoms with Crippen LogP contribution < -0.4 is 0 Å². The summed E-state index contributed by atoms with van der Waals surface area (Å²) < 4.78 is 5.58. The molecule has 35 heavy (non-hydrogen) atoms. The maximum absolute atomic E-state index is 13.1. The first-order chi connectivity index (χ1) is 16.2. The number of allylic oxidation sites excluding steroid dienone is 4. The third kappa shape index (κ3) is 2.76. The second kappa shape index (κ2) is 7.37. The van der Waals surface area contributed by atoms with Gasteiger partial charge in [0.2, 0.25) is 0 Å². The number of rotatable bonds is 2. The van der Waals surface area contributed by atoms with E-state index in [1.165, 1.54) is 6.92 Å². The molecule has 192 valence electrons. The molecule has 5 rings (SSSR count). The second-order valence-electron chi connectivity index (χ2n) is 12.3. The van der Waals surface area contributed by atoms with Crippen LogP contribution in [-0.4, -0.2) is 61.2 Å². The molecule has 4 N–H and O–H groups in total. The molecule has 9 atom stereocenters. The number of fused-ring (bicyclic) bond motifs is 5. The molecule has 5 aliphatic rings. The number of esters is 1. The number of carbonyl (C=O) groups excluding carboxylic acids is 2. The molecule has 0 aromatic carbocycles. The standard InChI is InChI=1S/C28H38O7/c1-15-13-22(35-23(31)16(15)2)26(5,32)27(33)14-21(30)28(34)19-10-9-17-7-6-8-20(29)25(17,4)18(19)11-12-24(27,28)3/h6,8-9,18-19,21-22,30,32-34H,7,10-14H2,1-5H3/t18-,19+,21+,22+,24-,25+,26-,27+,28-/m1/s1. The molecule has 7 nitrogen and oxygen atoms in total. The SMILES string of the molecule is CC1=C(C)C(=O)O[C@H]([C@@](C)(O)[C@]2(O)C[C@H](O)[C@]3(O)[C@H]4CC=C5CC=CC(=O)[C@]5(C)[C@@H]4CC[C@@]32C)C1. The number of ketones is 1. The van der Waals surface area contributed by atoms with Crippen molar-refractivity contribution in [3.63, 3.8) is 0 Å². The zero-order valence-electron chi connectivity index (χ0n) is 21.3. The van der Waals surface area contributed by atoms with E-state index in [9.17, 15) is 30.0 Å². The molecule has 4 aliphatic carbocycles. The Morgan fingerprint density at radius 1 is 1.14 bits per heavy atom. The summed E-state index contributed by atoms with van der Waals surface area (Å²) in [6, 6.07) is 0. The summed E-state index contributed by atoms with van der Waals surface area (Å²) in [5.74, 6) is -1.19. The fourth-order valence-electron chi connectivity index (χ4n) is 8.44. The van der Waals surface area contributed by atoms with Crippen molar-refractivity contribution in [2.24, 2.45) is 22.7 Å². The van der Waals surface area contributed by atoms with Crippen LogP contribution in [0.25, 0.3) is 0 Å². The highest BCUT2D eigenvalue weighted by Crippen LogP contribution is 2.70. The van der Waals surface area contributed by atoms with Crippen molar-refractivity contribution in [1.29, 1.82) is 0 Å². The van der Waals surface area contributed by atoms with E-state index in [1.54, 1.807) is 26.8 Å². The van der Waals surface area contributed by atoms with Crippen LogP contribution >= 0.6 is 0 Å². The van der Waals surface area contributed by atoms with Crippen LogP contribution in [0, 0.1) is 22.7 Å². The number of carbonyl (C=O) groups is 2. The normalized spacial score (nSPS) is 49.0. The average molecular weight is 487 g/mol. The highest BCUT2D eigenvalue weighted by Gasteiger charge is 2.79. The third-order valence-corrected chi connectivity index (χ3v) is 11.1. The first kappa shape index (κ1) is 24.9. The number of cyclic esters (lactones) is 1. The molecule has 0 aromatic rings. The summed E-state index contributed by atoms with van der Waals surface area (Å²) in [6.07, 6.45) is 5.24.